The van der Waals surface area contributed by atoms with E-state index in [0.29, 0.717) is 6.42 Å². The molecule has 1 aromatic heterocycles. The van der Waals surface area contributed by atoms with Crippen molar-refractivity contribution < 1.29 is 9.21 Å². The maximum atomic E-state index is 12.0. The summed E-state index contributed by atoms with van der Waals surface area (Å²) >= 11 is 0. The van der Waals surface area contributed by atoms with E-state index in [1.165, 1.54) is 0 Å². The monoisotopic (exact) mass is 304 g/mol. The highest BCUT2D eigenvalue weighted by Crippen LogP contribution is 2.38. The maximum Gasteiger partial charge on any atom is 0.226 e. The van der Waals surface area contributed by atoms with Crippen LogP contribution in [0.25, 0.3) is 22.3 Å². The Morgan fingerprint density at radius 3 is 2.87 bits per heavy atom. The fourth-order valence-electron chi connectivity index (χ4n) is 2.91. The lowest BCUT2D eigenvalue weighted by Gasteiger charge is -2.15. The molecule has 0 fully saturated rings. The minimum Gasteiger partial charge on any atom is -0.456 e. The second-order valence-electron chi connectivity index (χ2n) is 5.62. The van der Waals surface area contributed by atoms with Crippen LogP contribution in [-0.4, -0.2) is 11.9 Å². The summed E-state index contributed by atoms with van der Waals surface area (Å²) in [6, 6.07) is 15.6. The molecule has 4 heteroatoms. The van der Waals surface area contributed by atoms with Crippen LogP contribution in [0, 0.1) is 0 Å². The van der Waals surface area contributed by atoms with Gasteiger partial charge in [0, 0.05) is 10.9 Å². The molecule has 23 heavy (non-hydrogen) atoms. The van der Waals surface area contributed by atoms with E-state index in [1.807, 2.05) is 48.5 Å². The van der Waals surface area contributed by atoms with Crippen LogP contribution in [0.3, 0.4) is 0 Å². The molecule has 4 nitrogen and oxygen atoms in total. The molecule has 1 atom stereocenters. The number of para-hydroxylation sites is 2. The van der Waals surface area contributed by atoms with E-state index in [1.54, 1.807) is 6.08 Å². The normalized spacial score (nSPS) is 17.0. The number of fused-ring (bicyclic) bond motifs is 2. The van der Waals surface area contributed by atoms with Crippen molar-refractivity contribution in [3.8, 4) is 11.3 Å². The quantitative estimate of drug-likeness (QED) is 0.690. The molecule has 0 saturated heterocycles. The summed E-state index contributed by atoms with van der Waals surface area (Å²) in [4.78, 5) is 12.0. The van der Waals surface area contributed by atoms with Crippen LogP contribution in [0.2, 0.25) is 0 Å². The number of nitrogens with one attached hydrogen (secondary N) is 2. The number of rotatable bonds is 2. The third-order valence-electron chi connectivity index (χ3n) is 4.05. The van der Waals surface area contributed by atoms with Gasteiger partial charge >= 0.3 is 0 Å². The van der Waals surface area contributed by atoms with Gasteiger partial charge in [-0.05, 0) is 24.3 Å². The van der Waals surface area contributed by atoms with Crippen LogP contribution < -0.4 is 10.6 Å². The maximum absolute atomic E-state index is 12.0. The Morgan fingerprint density at radius 2 is 2.04 bits per heavy atom. The Hall–Kier alpha value is -3.01. The van der Waals surface area contributed by atoms with Gasteiger partial charge in [-0.2, -0.15) is 0 Å². The Bertz CT molecular complexity index is 878. The summed E-state index contributed by atoms with van der Waals surface area (Å²) in [5.74, 6) is 0.748. The highest BCUT2D eigenvalue weighted by atomic mass is 16.3. The largest absolute Gasteiger partial charge is 0.456 e. The number of anilines is 2. The van der Waals surface area contributed by atoms with Crippen LogP contribution in [0.5, 0.6) is 0 Å². The van der Waals surface area contributed by atoms with Gasteiger partial charge in [0.05, 0.1) is 23.8 Å². The van der Waals surface area contributed by atoms with Crippen molar-refractivity contribution in [2.24, 2.45) is 0 Å². The molecular formula is C19H16N2O2. The van der Waals surface area contributed by atoms with Gasteiger partial charge in [-0.3, -0.25) is 4.79 Å². The fourth-order valence-corrected chi connectivity index (χ4v) is 2.91. The first kappa shape index (κ1) is 13.6. The number of benzene rings is 2. The van der Waals surface area contributed by atoms with Crippen molar-refractivity contribution in [2.75, 3.05) is 10.6 Å². The highest BCUT2D eigenvalue weighted by Gasteiger charge is 2.22. The van der Waals surface area contributed by atoms with Gasteiger partial charge in [0.2, 0.25) is 5.91 Å². The van der Waals surface area contributed by atoms with E-state index in [9.17, 15) is 4.79 Å². The summed E-state index contributed by atoms with van der Waals surface area (Å²) in [7, 11) is 0. The predicted molar refractivity (Wildman–Crippen MR) is 92.5 cm³/mol. The summed E-state index contributed by atoms with van der Waals surface area (Å²) in [5.41, 5.74) is 3.39. The summed E-state index contributed by atoms with van der Waals surface area (Å²) in [6.07, 6.45) is 2.11. The summed E-state index contributed by atoms with van der Waals surface area (Å²) < 4.78 is 5.98. The van der Waals surface area contributed by atoms with Gasteiger partial charge in [-0.25, -0.2) is 0 Å². The zero-order chi connectivity index (χ0) is 15.8. The van der Waals surface area contributed by atoms with Gasteiger partial charge in [0.1, 0.15) is 11.3 Å². The molecule has 0 unspecified atom stereocenters. The van der Waals surface area contributed by atoms with Crippen molar-refractivity contribution in [1.29, 1.82) is 0 Å². The lowest BCUT2D eigenvalue weighted by atomic mass is 10.1. The Kier molecular flexibility index (Phi) is 3.15. The first-order chi connectivity index (χ1) is 11.2. The molecule has 2 heterocycles. The average Bonchev–Trinajstić information content (AvgIpc) is 2.91. The van der Waals surface area contributed by atoms with Crippen LogP contribution in [0.4, 0.5) is 11.4 Å². The first-order valence-electron chi connectivity index (χ1n) is 7.55. The van der Waals surface area contributed by atoms with Gasteiger partial charge < -0.3 is 15.1 Å². The lowest BCUT2D eigenvalue weighted by Crippen LogP contribution is -2.20. The van der Waals surface area contributed by atoms with Crippen molar-refractivity contribution >= 4 is 28.3 Å². The minimum absolute atomic E-state index is 0.0251. The molecule has 1 aliphatic rings. The van der Waals surface area contributed by atoms with Crippen LogP contribution in [-0.2, 0) is 4.79 Å². The average molecular weight is 304 g/mol. The zero-order valence-corrected chi connectivity index (χ0v) is 12.5. The second-order valence-corrected chi connectivity index (χ2v) is 5.62. The van der Waals surface area contributed by atoms with Crippen molar-refractivity contribution in [2.45, 2.75) is 12.5 Å². The SMILES string of the molecule is C=C[C@@H]1CC(=O)Nc2cccc(-c3cc4ccccc4o3)c2N1. The van der Waals surface area contributed by atoms with Gasteiger partial charge in [-0.1, -0.05) is 30.3 Å². The molecule has 0 saturated carbocycles. The molecule has 4 rings (SSSR count). The summed E-state index contributed by atoms with van der Waals surface area (Å²) in [5, 5.41) is 7.38. The number of hydrogen-bond acceptors (Lipinski definition) is 3. The number of hydrogen-bond donors (Lipinski definition) is 2. The molecule has 0 spiro atoms. The number of furan rings is 1. The standard InChI is InChI=1S/C19H16N2O2/c1-2-13-11-18(22)21-15-8-5-7-14(19(15)20-13)17-10-12-6-3-4-9-16(12)23-17/h2-10,13,20H,1,11H2,(H,21,22)/t13-/m1/s1. The predicted octanol–water partition coefficient (Wildman–Crippen LogP) is 4.41. The van der Waals surface area contributed by atoms with E-state index in [4.69, 9.17) is 4.42 Å². The molecule has 0 aliphatic carbocycles. The van der Waals surface area contributed by atoms with E-state index in [2.05, 4.69) is 17.2 Å². The molecule has 1 amide bonds. The lowest BCUT2D eigenvalue weighted by molar-refractivity contribution is -0.116. The Labute approximate surface area is 133 Å². The topological polar surface area (TPSA) is 54.3 Å². The number of amides is 1. The third kappa shape index (κ3) is 2.38. The van der Waals surface area contributed by atoms with Crippen LogP contribution >= 0.6 is 0 Å². The third-order valence-corrected chi connectivity index (χ3v) is 4.05. The number of carbonyl (C=O) groups is 1. The molecular weight excluding hydrogens is 288 g/mol. The van der Waals surface area contributed by atoms with Crippen molar-refractivity contribution in [3.63, 3.8) is 0 Å². The van der Waals surface area contributed by atoms with Gasteiger partial charge in [0.15, 0.2) is 0 Å². The van der Waals surface area contributed by atoms with Crippen LogP contribution in [0.15, 0.2) is 65.6 Å². The molecule has 2 N–H and O–H groups in total. The number of carbonyl (C=O) groups excluding carboxylic acids is 1. The minimum atomic E-state index is -0.109. The van der Waals surface area contributed by atoms with E-state index >= 15 is 0 Å². The second kappa shape index (κ2) is 5.32. The van der Waals surface area contributed by atoms with Crippen LogP contribution in [0.1, 0.15) is 6.42 Å². The Balaban J connectivity index is 1.88. The molecule has 2 aromatic carbocycles. The smallest absolute Gasteiger partial charge is 0.226 e. The molecule has 114 valence electrons. The van der Waals surface area contributed by atoms with E-state index < -0.39 is 0 Å². The van der Waals surface area contributed by atoms with Crippen molar-refractivity contribution in [3.05, 3.63) is 61.2 Å². The molecule has 1 aliphatic heterocycles. The first-order valence-corrected chi connectivity index (χ1v) is 7.55. The van der Waals surface area contributed by atoms with Crippen molar-refractivity contribution in [1.82, 2.24) is 0 Å². The van der Waals surface area contributed by atoms with Gasteiger partial charge in [-0.15, -0.1) is 6.58 Å². The fraction of sp³-hybridized carbons (Fsp3) is 0.105. The molecule has 3 aromatic rings. The Morgan fingerprint density at radius 1 is 1.17 bits per heavy atom. The summed E-state index contributed by atoms with van der Waals surface area (Å²) in [6.45, 7) is 3.80. The molecule has 0 bridgehead atoms. The van der Waals surface area contributed by atoms with Gasteiger partial charge in [0.25, 0.3) is 0 Å². The zero-order valence-electron chi connectivity index (χ0n) is 12.5. The van der Waals surface area contributed by atoms with E-state index in [-0.39, 0.29) is 11.9 Å². The van der Waals surface area contributed by atoms with E-state index in [0.717, 1.165) is 33.7 Å². The highest BCUT2D eigenvalue weighted by molar-refractivity contribution is 6.00. The molecule has 0 radical (unpaired) electrons.